The van der Waals surface area contributed by atoms with Crippen LogP contribution in [0.2, 0.25) is 0 Å². The number of hydrogen-bond donors (Lipinski definition) is 1. The van der Waals surface area contributed by atoms with Gasteiger partial charge in [0.25, 0.3) is 5.69 Å². The molecule has 7 heteroatoms. The molecular formula is C20H13N3O4. The molecule has 4 rings (SSSR count). The molecule has 0 aliphatic heterocycles. The molecule has 2 aromatic heterocycles. The molecule has 2 aromatic carbocycles. The molecule has 0 radical (unpaired) electrons. The van der Waals surface area contributed by atoms with Crippen molar-refractivity contribution < 1.29 is 14.1 Å². The van der Waals surface area contributed by atoms with E-state index in [1.165, 1.54) is 24.3 Å². The zero-order valence-corrected chi connectivity index (χ0v) is 14.0. The van der Waals surface area contributed by atoms with Gasteiger partial charge in [0.05, 0.1) is 21.7 Å². The summed E-state index contributed by atoms with van der Waals surface area (Å²) in [6, 6.07) is 18.4. The van der Waals surface area contributed by atoms with Gasteiger partial charge in [-0.15, -0.1) is 0 Å². The minimum Gasteiger partial charge on any atom is -0.432 e. The van der Waals surface area contributed by atoms with Gasteiger partial charge in [-0.2, -0.15) is 0 Å². The van der Waals surface area contributed by atoms with Crippen LogP contribution in [-0.4, -0.2) is 15.7 Å². The molecule has 0 saturated carbocycles. The highest BCUT2D eigenvalue weighted by molar-refractivity contribution is 6.14. The molecule has 0 amide bonds. The number of furan rings is 1. The zero-order valence-electron chi connectivity index (χ0n) is 14.0. The number of fused-ring (bicyclic) bond motifs is 1. The predicted molar refractivity (Wildman–Crippen MR) is 100 cm³/mol. The van der Waals surface area contributed by atoms with E-state index in [0.29, 0.717) is 11.1 Å². The van der Waals surface area contributed by atoms with E-state index in [2.05, 4.69) is 4.98 Å². The standard InChI is InChI=1S/C20H13N3O4/c21-17-15-10-11-16(12-4-2-1-3-5-12)22-20(15)27-19(17)18(24)13-6-8-14(9-7-13)23(25)26/h1-11H,21H2. The first-order valence-corrected chi connectivity index (χ1v) is 8.08. The van der Waals surface area contributed by atoms with Crippen molar-refractivity contribution in [2.24, 2.45) is 0 Å². The van der Waals surface area contributed by atoms with Crippen LogP contribution in [0.4, 0.5) is 11.4 Å². The van der Waals surface area contributed by atoms with Gasteiger partial charge in [0.15, 0.2) is 0 Å². The van der Waals surface area contributed by atoms with Crippen molar-refractivity contribution in [3.8, 4) is 11.3 Å². The highest BCUT2D eigenvalue weighted by Crippen LogP contribution is 2.31. The van der Waals surface area contributed by atoms with E-state index in [1.54, 1.807) is 6.07 Å². The summed E-state index contributed by atoms with van der Waals surface area (Å²) in [6.45, 7) is 0. The highest BCUT2D eigenvalue weighted by atomic mass is 16.6. The van der Waals surface area contributed by atoms with Gasteiger partial charge in [0.2, 0.25) is 17.3 Å². The summed E-state index contributed by atoms with van der Waals surface area (Å²) in [6.07, 6.45) is 0. The van der Waals surface area contributed by atoms with E-state index in [1.807, 2.05) is 36.4 Å². The lowest BCUT2D eigenvalue weighted by Crippen LogP contribution is -2.03. The van der Waals surface area contributed by atoms with Crippen molar-refractivity contribution in [3.63, 3.8) is 0 Å². The lowest BCUT2D eigenvalue weighted by Gasteiger charge is -1.99. The summed E-state index contributed by atoms with van der Waals surface area (Å²) in [7, 11) is 0. The molecule has 4 aromatic rings. The Morgan fingerprint density at radius 1 is 1.00 bits per heavy atom. The van der Waals surface area contributed by atoms with Gasteiger partial charge in [-0.05, 0) is 24.3 Å². The van der Waals surface area contributed by atoms with Crippen molar-refractivity contribution >= 4 is 28.3 Å². The number of nitrogens with two attached hydrogens (primary N) is 1. The first kappa shape index (κ1) is 16.5. The lowest BCUT2D eigenvalue weighted by atomic mass is 10.1. The van der Waals surface area contributed by atoms with Gasteiger partial charge >= 0.3 is 0 Å². The molecule has 0 atom stereocenters. The summed E-state index contributed by atoms with van der Waals surface area (Å²) >= 11 is 0. The second kappa shape index (κ2) is 6.38. The Bertz CT molecular complexity index is 1170. The van der Waals surface area contributed by atoms with Crippen LogP contribution in [0.1, 0.15) is 16.1 Å². The Balaban J connectivity index is 1.74. The lowest BCUT2D eigenvalue weighted by molar-refractivity contribution is -0.384. The number of non-ortho nitro benzene ring substituents is 1. The van der Waals surface area contributed by atoms with Gasteiger partial charge in [-0.3, -0.25) is 14.9 Å². The minimum atomic E-state index is -0.529. The van der Waals surface area contributed by atoms with Crippen LogP contribution >= 0.6 is 0 Å². The maximum Gasteiger partial charge on any atom is 0.269 e. The van der Waals surface area contributed by atoms with Crippen molar-refractivity contribution in [2.45, 2.75) is 0 Å². The van der Waals surface area contributed by atoms with Crippen LogP contribution < -0.4 is 5.73 Å². The Hall–Kier alpha value is -4.00. The number of carbonyl (C=O) groups excluding carboxylic acids is 1. The number of ketones is 1. The van der Waals surface area contributed by atoms with Crippen molar-refractivity contribution in [2.75, 3.05) is 5.73 Å². The van der Waals surface area contributed by atoms with Crippen LogP contribution in [0.25, 0.3) is 22.4 Å². The molecule has 2 heterocycles. The maximum atomic E-state index is 12.7. The molecular weight excluding hydrogens is 346 g/mol. The number of benzene rings is 2. The van der Waals surface area contributed by atoms with Gasteiger partial charge in [0.1, 0.15) is 0 Å². The van der Waals surface area contributed by atoms with Crippen molar-refractivity contribution in [1.29, 1.82) is 0 Å². The van der Waals surface area contributed by atoms with E-state index in [9.17, 15) is 14.9 Å². The van der Waals surface area contributed by atoms with E-state index < -0.39 is 10.7 Å². The van der Waals surface area contributed by atoms with Gasteiger partial charge < -0.3 is 10.2 Å². The molecule has 0 spiro atoms. The smallest absolute Gasteiger partial charge is 0.269 e. The van der Waals surface area contributed by atoms with Crippen LogP contribution in [0.15, 0.2) is 71.1 Å². The molecule has 0 aliphatic rings. The zero-order chi connectivity index (χ0) is 19.0. The summed E-state index contributed by atoms with van der Waals surface area (Å²) < 4.78 is 5.64. The molecule has 0 bridgehead atoms. The normalized spacial score (nSPS) is 10.8. The third-order valence-corrected chi connectivity index (χ3v) is 4.21. The molecule has 0 unspecified atom stereocenters. The molecule has 7 nitrogen and oxygen atoms in total. The number of anilines is 1. The minimum absolute atomic E-state index is 0.0310. The largest absolute Gasteiger partial charge is 0.432 e. The summed E-state index contributed by atoms with van der Waals surface area (Å²) in [5.41, 5.74) is 8.30. The quantitative estimate of drug-likeness (QED) is 0.332. The summed E-state index contributed by atoms with van der Waals surface area (Å²) in [5, 5.41) is 11.3. The molecule has 27 heavy (non-hydrogen) atoms. The van der Waals surface area contributed by atoms with Crippen LogP contribution in [0.5, 0.6) is 0 Å². The van der Waals surface area contributed by atoms with E-state index in [4.69, 9.17) is 10.2 Å². The number of nitro benzene ring substituents is 1. The third-order valence-electron chi connectivity index (χ3n) is 4.21. The van der Waals surface area contributed by atoms with E-state index in [0.717, 1.165) is 5.56 Å². The number of aromatic nitrogens is 1. The summed E-state index contributed by atoms with van der Waals surface area (Å²) in [5.74, 6) is -0.488. The fourth-order valence-electron chi connectivity index (χ4n) is 2.80. The monoisotopic (exact) mass is 359 g/mol. The second-order valence-corrected chi connectivity index (χ2v) is 5.89. The van der Waals surface area contributed by atoms with Gasteiger partial charge in [0, 0.05) is 23.3 Å². The van der Waals surface area contributed by atoms with Crippen molar-refractivity contribution in [3.05, 3.63) is 88.2 Å². The van der Waals surface area contributed by atoms with E-state index in [-0.39, 0.29) is 28.4 Å². The maximum absolute atomic E-state index is 12.7. The average molecular weight is 359 g/mol. The number of pyridine rings is 1. The first-order chi connectivity index (χ1) is 13.0. The predicted octanol–water partition coefficient (Wildman–Crippen LogP) is 4.22. The van der Waals surface area contributed by atoms with Crippen molar-refractivity contribution in [1.82, 2.24) is 4.98 Å². The molecule has 132 valence electrons. The fraction of sp³-hybridized carbons (Fsp3) is 0. The van der Waals surface area contributed by atoms with E-state index >= 15 is 0 Å². The first-order valence-electron chi connectivity index (χ1n) is 8.08. The second-order valence-electron chi connectivity index (χ2n) is 5.89. The Morgan fingerprint density at radius 3 is 2.37 bits per heavy atom. The average Bonchev–Trinajstić information content (AvgIpc) is 3.04. The molecule has 0 saturated heterocycles. The molecule has 0 aliphatic carbocycles. The number of nitrogen functional groups attached to an aromatic ring is 1. The van der Waals surface area contributed by atoms with Gasteiger partial charge in [-0.25, -0.2) is 4.98 Å². The SMILES string of the molecule is Nc1c(C(=O)c2ccc([N+](=O)[O-])cc2)oc2nc(-c3ccccc3)ccc12. The number of hydrogen-bond acceptors (Lipinski definition) is 6. The van der Waals surface area contributed by atoms with Crippen LogP contribution in [0, 0.1) is 10.1 Å². The Morgan fingerprint density at radius 2 is 1.70 bits per heavy atom. The number of nitrogens with zero attached hydrogens (tertiary/aromatic N) is 2. The van der Waals surface area contributed by atoms with Gasteiger partial charge in [-0.1, -0.05) is 30.3 Å². The van der Waals surface area contributed by atoms with Crippen LogP contribution in [-0.2, 0) is 0 Å². The summed E-state index contributed by atoms with van der Waals surface area (Å²) in [4.78, 5) is 27.4. The van der Waals surface area contributed by atoms with Crippen LogP contribution in [0.3, 0.4) is 0 Å². The molecule has 2 N–H and O–H groups in total. The molecule has 0 fully saturated rings. The third kappa shape index (κ3) is 2.91. The fourth-order valence-corrected chi connectivity index (χ4v) is 2.80. The Kier molecular flexibility index (Phi) is 3.89. The highest BCUT2D eigenvalue weighted by Gasteiger charge is 2.22. The topological polar surface area (TPSA) is 112 Å². The Labute approximate surface area is 153 Å². The number of nitro groups is 1. The number of carbonyl (C=O) groups is 1. The number of rotatable bonds is 4.